The molecule has 0 aliphatic rings. The summed E-state index contributed by atoms with van der Waals surface area (Å²) in [5.74, 6) is 0.437. The van der Waals surface area contributed by atoms with Crippen LogP contribution in [-0.2, 0) is 17.8 Å². The highest BCUT2D eigenvalue weighted by atomic mass is 16.5. The van der Waals surface area contributed by atoms with Gasteiger partial charge in [0.2, 0.25) is 0 Å². The molecule has 6 nitrogen and oxygen atoms in total. The van der Waals surface area contributed by atoms with Crippen LogP contribution in [0.1, 0.15) is 18.1 Å². The van der Waals surface area contributed by atoms with Gasteiger partial charge in [0.25, 0.3) is 0 Å². The maximum Gasteiger partial charge on any atom is 0.189 e. The molecular formula is C16H23N5O. The van der Waals surface area contributed by atoms with Gasteiger partial charge in [-0.05, 0) is 18.1 Å². The van der Waals surface area contributed by atoms with Crippen LogP contribution in [0, 0.1) is 0 Å². The van der Waals surface area contributed by atoms with Crippen molar-refractivity contribution >= 4 is 5.96 Å². The zero-order chi connectivity index (χ0) is 15.8. The van der Waals surface area contributed by atoms with Crippen molar-refractivity contribution in [2.45, 2.75) is 26.1 Å². The minimum Gasteiger partial charge on any atom is -0.383 e. The summed E-state index contributed by atoms with van der Waals surface area (Å²) in [6.07, 6.45) is 5.54. The molecule has 0 aliphatic heterocycles. The van der Waals surface area contributed by atoms with Crippen LogP contribution >= 0.6 is 0 Å². The first-order valence-electron chi connectivity index (χ1n) is 7.26. The maximum absolute atomic E-state index is 5.85. The van der Waals surface area contributed by atoms with E-state index in [-0.39, 0.29) is 6.04 Å². The van der Waals surface area contributed by atoms with Crippen molar-refractivity contribution in [2.24, 2.45) is 10.7 Å². The van der Waals surface area contributed by atoms with Crippen LogP contribution < -0.4 is 11.1 Å². The fourth-order valence-electron chi connectivity index (χ4n) is 2.11. The summed E-state index contributed by atoms with van der Waals surface area (Å²) in [6, 6.07) is 8.49. The number of hydrogen-bond donors (Lipinski definition) is 2. The Hall–Kier alpha value is -2.34. The molecule has 2 rings (SSSR count). The van der Waals surface area contributed by atoms with Crippen LogP contribution in [0.15, 0.2) is 48.0 Å². The highest BCUT2D eigenvalue weighted by molar-refractivity contribution is 5.78. The quantitative estimate of drug-likeness (QED) is 0.598. The monoisotopic (exact) mass is 301 g/mol. The SMILES string of the molecule is COCC(C)NC(N)=NCc1ccc(Cn2ccnc2)cc1. The van der Waals surface area contributed by atoms with Crippen molar-refractivity contribution in [3.8, 4) is 0 Å². The highest BCUT2D eigenvalue weighted by Crippen LogP contribution is 2.07. The molecule has 0 aliphatic carbocycles. The lowest BCUT2D eigenvalue weighted by Crippen LogP contribution is -2.40. The van der Waals surface area contributed by atoms with Gasteiger partial charge < -0.3 is 20.4 Å². The fraction of sp³-hybridized carbons (Fsp3) is 0.375. The van der Waals surface area contributed by atoms with Crippen molar-refractivity contribution in [2.75, 3.05) is 13.7 Å². The smallest absolute Gasteiger partial charge is 0.189 e. The van der Waals surface area contributed by atoms with Gasteiger partial charge in [0.15, 0.2) is 5.96 Å². The average Bonchev–Trinajstić information content (AvgIpc) is 3.00. The topological polar surface area (TPSA) is 77.5 Å². The molecule has 6 heteroatoms. The van der Waals surface area contributed by atoms with Gasteiger partial charge in [-0.3, -0.25) is 0 Å². The largest absolute Gasteiger partial charge is 0.383 e. The maximum atomic E-state index is 5.85. The van der Waals surface area contributed by atoms with Gasteiger partial charge in [-0.2, -0.15) is 0 Å². The number of guanidine groups is 1. The number of nitrogens with one attached hydrogen (secondary N) is 1. The third-order valence-corrected chi connectivity index (χ3v) is 3.19. The molecule has 0 bridgehead atoms. The van der Waals surface area contributed by atoms with Gasteiger partial charge in [0, 0.05) is 32.1 Å². The summed E-state index contributed by atoms with van der Waals surface area (Å²) >= 11 is 0. The third-order valence-electron chi connectivity index (χ3n) is 3.19. The van der Waals surface area contributed by atoms with Crippen LogP contribution in [0.3, 0.4) is 0 Å². The Bertz CT molecular complexity index is 577. The van der Waals surface area contributed by atoms with E-state index in [1.165, 1.54) is 5.56 Å². The predicted octanol–water partition coefficient (Wildman–Crippen LogP) is 1.37. The Kier molecular flexibility index (Phi) is 5.97. The van der Waals surface area contributed by atoms with E-state index in [2.05, 4.69) is 39.6 Å². The molecular weight excluding hydrogens is 278 g/mol. The summed E-state index contributed by atoms with van der Waals surface area (Å²) in [4.78, 5) is 8.37. The van der Waals surface area contributed by atoms with Gasteiger partial charge in [-0.25, -0.2) is 9.98 Å². The second-order valence-electron chi connectivity index (χ2n) is 5.25. The number of aliphatic imine (C=N–C) groups is 1. The minimum absolute atomic E-state index is 0.145. The minimum atomic E-state index is 0.145. The molecule has 0 radical (unpaired) electrons. The summed E-state index contributed by atoms with van der Waals surface area (Å²) in [6.45, 7) is 3.97. The van der Waals surface area contributed by atoms with E-state index in [0.29, 0.717) is 19.1 Å². The number of imidazole rings is 1. The van der Waals surface area contributed by atoms with Crippen molar-refractivity contribution in [1.29, 1.82) is 0 Å². The summed E-state index contributed by atoms with van der Waals surface area (Å²) in [5.41, 5.74) is 8.20. The van der Waals surface area contributed by atoms with E-state index in [1.54, 1.807) is 13.3 Å². The first-order chi connectivity index (χ1) is 10.7. The number of ether oxygens (including phenoxy) is 1. The van der Waals surface area contributed by atoms with E-state index >= 15 is 0 Å². The summed E-state index contributed by atoms with van der Waals surface area (Å²) < 4.78 is 7.08. The van der Waals surface area contributed by atoms with Gasteiger partial charge in [0.05, 0.1) is 19.5 Å². The number of rotatable bonds is 7. The third kappa shape index (κ3) is 5.21. The first kappa shape index (κ1) is 16.0. The fourth-order valence-corrected chi connectivity index (χ4v) is 2.11. The molecule has 2 aromatic rings. The molecule has 1 atom stereocenters. The van der Waals surface area contributed by atoms with Crippen molar-refractivity contribution in [3.63, 3.8) is 0 Å². The van der Waals surface area contributed by atoms with E-state index in [1.807, 2.05) is 24.0 Å². The highest BCUT2D eigenvalue weighted by Gasteiger charge is 2.01. The van der Waals surface area contributed by atoms with Crippen molar-refractivity contribution < 1.29 is 4.74 Å². The first-order valence-corrected chi connectivity index (χ1v) is 7.26. The zero-order valence-electron chi connectivity index (χ0n) is 13.1. The van der Waals surface area contributed by atoms with E-state index in [0.717, 1.165) is 12.1 Å². The van der Waals surface area contributed by atoms with Gasteiger partial charge in [-0.15, -0.1) is 0 Å². The zero-order valence-corrected chi connectivity index (χ0v) is 13.1. The molecule has 0 saturated carbocycles. The van der Waals surface area contributed by atoms with Crippen LogP contribution in [0.5, 0.6) is 0 Å². The Morgan fingerprint density at radius 3 is 2.73 bits per heavy atom. The van der Waals surface area contributed by atoms with Crippen LogP contribution in [0.25, 0.3) is 0 Å². The lowest BCUT2D eigenvalue weighted by molar-refractivity contribution is 0.179. The van der Waals surface area contributed by atoms with E-state index in [4.69, 9.17) is 10.5 Å². The molecule has 0 saturated heterocycles. The second-order valence-corrected chi connectivity index (χ2v) is 5.25. The number of nitrogens with zero attached hydrogens (tertiary/aromatic N) is 3. The standard InChI is InChI=1S/C16H23N5O/c1-13(11-22-2)20-16(17)19-9-14-3-5-15(6-4-14)10-21-8-7-18-12-21/h3-8,12-13H,9-11H2,1-2H3,(H3,17,19,20). The van der Waals surface area contributed by atoms with Crippen molar-refractivity contribution in [3.05, 3.63) is 54.1 Å². The Balaban J connectivity index is 1.85. The summed E-state index contributed by atoms with van der Waals surface area (Å²) in [7, 11) is 1.66. The Labute approximate surface area is 131 Å². The predicted molar refractivity (Wildman–Crippen MR) is 87.6 cm³/mol. The molecule has 118 valence electrons. The molecule has 1 heterocycles. The van der Waals surface area contributed by atoms with Crippen LogP contribution in [0.2, 0.25) is 0 Å². The molecule has 1 unspecified atom stereocenters. The molecule has 3 N–H and O–H groups in total. The van der Waals surface area contributed by atoms with Gasteiger partial charge in [0.1, 0.15) is 0 Å². The van der Waals surface area contributed by atoms with Crippen LogP contribution in [-0.4, -0.2) is 35.3 Å². The lowest BCUT2D eigenvalue weighted by Gasteiger charge is -2.13. The molecule has 22 heavy (non-hydrogen) atoms. The van der Waals surface area contributed by atoms with Crippen LogP contribution in [0.4, 0.5) is 0 Å². The number of methoxy groups -OCH3 is 1. The molecule has 0 spiro atoms. The van der Waals surface area contributed by atoms with E-state index in [9.17, 15) is 0 Å². The Morgan fingerprint density at radius 1 is 1.36 bits per heavy atom. The van der Waals surface area contributed by atoms with Gasteiger partial charge in [-0.1, -0.05) is 24.3 Å². The number of benzene rings is 1. The van der Waals surface area contributed by atoms with E-state index < -0.39 is 0 Å². The van der Waals surface area contributed by atoms with Gasteiger partial charge >= 0.3 is 0 Å². The normalized spacial score (nSPS) is 13.1. The second kappa shape index (κ2) is 8.19. The molecule has 1 aromatic carbocycles. The number of aromatic nitrogens is 2. The Morgan fingerprint density at radius 2 is 2.09 bits per heavy atom. The van der Waals surface area contributed by atoms with Crippen molar-refractivity contribution in [1.82, 2.24) is 14.9 Å². The summed E-state index contributed by atoms with van der Waals surface area (Å²) in [5, 5.41) is 3.08. The molecule has 0 amide bonds. The molecule has 0 fully saturated rings. The average molecular weight is 301 g/mol. The number of hydrogen-bond acceptors (Lipinski definition) is 3. The number of nitrogens with two attached hydrogens (primary N) is 1. The lowest BCUT2D eigenvalue weighted by atomic mass is 10.1. The molecule has 1 aromatic heterocycles.